The Morgan fingerprint density at radius 1 is 1.38 bits per heavy atom. The van der Waals surface area contributed by atoms with Gasteiger partial charge in [-0.25, -0.2) is 0 Å². The topological polar surface area (TPSA) is 20.3 Å². The van der Waals surface area contributed by atoms with E-state index in [4.69, 9.17) is 11.6 Å². The van der Waals surface area contributed by atoms with Gasteiger partial charge in [-0.2, -0.15) is 0 Å². The van der Waals surface area contributed by atoms with Crippen molar-refractivity contribution in [3.63, 3.8) is 0 Å². The number of carbonyl (C=O) groups is 1. The fraction of sp³-hybridized carbons (Fsp3) is 0.462. The smallest absolute Gasteiger partial charge is 0.237 e. The number of likely N-dealkylation sites (tertiary alicyclic amines) is 1. The van der Waals surface area contributed by atoms with Gasteiger partial charge in [0, 0.05) is 13.1 Å². The molecule has 1 aromatic rings. The molecular formula is C13H16ClNO. The lowest BCUT2D eigenvalue weighted by atomic mass is 9.99. The van der Waals surface area contributed by atoms with Crippen molar-refractivity contribution in [1.29, 1.82) is 0 Å². The van der Waals surface area contributed by atoms with E-state index in [0.717, 1.165) is 25.9 Å². The second-order valence-electron chi connectivity index (χ2n) is 4.32. The highest BCUT2D eigenvalue weighted by Gasteiger charge is 2.25. The number of amides is 1. The summed E-state index contributed by atoms with van der Waals surface area (Å²) < 4.78 is 0. The van der Waals surface area contributed by atoms with Crippen LogP contribution in [0.1, 0.15) is 12.0 Å². The normalized spacial score (nSPS) is 20.1. The molecule has 1 saturated heterocycles. The summed E-state index contributed by atoms with van der Waals surface area (Å²) in [6, 6.07) is 10.4. The molecule has 0 N–H and O–H groups in total. The summed E-state index contributed by atoms with van der Waals surface area (Å²) in [7, 11) is 0. The largest absolute Gasteiger partial charge is 0.341 e. The second kappa shape index (κ2) is 5.35. The Bertz CT molecular complexity index is 352. The highest BCUT2D eigenvalue weighted by atomic mass is 35.5. The quantitative estimate of drug-likeness (QED) is 0.739. The summed E-state index contributed by atoms with van der Waals surface area (Å²) in [6.07, 6.45) is 2.16. The lowest BCUT2D eigenvalue weighted by molar-refractivity contribution is -0.127. The molecule has 1 aliphatic heterocycles. The number of hydrogen-bond acceptors (Lipinski definition) is 1. The van der Waals surface area contributed by atoms with Crippen LogP contribution in [-0.2, 0) is 11.2 Å². The summed E-state index contributed by atoms with van der Waals surface area (Å²) in [5.74, 6) is 0.768. The first-order valence-electron chi connectivity index (χ1n) is 5.67. The zero-order valence-corrected chi connectivity index (χ0v) is 9.99. The summed E-state index contributed by atoms with van der Waals surface area (Å²) in [5.41, 5.74) is 1.35. The molecule has 1 amide bonds. The van der Waals surface area contributed by atoms with Crippen molar-refractivity contribution in [3.8, 4) is 0 Å². The molecule has 0 aromatic heterocycles. The number of benzene rings is 1. The molecule has 3 heteroatoms. The van der Waals surface area contributed by atoms with E-state index in [1.165, 1.54) is 5.56 Å². The maximum atomic E-state index is 11.4. The number of rotatable bonds is 3. The molecule has 0 spiro atoms. The van der Waals surface area contributed by atoms with Gasteiger partial charge in [0.25, 0.3) is 0 Å². The van der Waals surface area contributed by atoms with Crippen molar-refractivity contribution in [2.45, 2.75) is 12.8 Å². The van der Waals surface area contributed by atoms with Crippen molar-refractivity contribution >= 4 is 17.5 Å². The van der Waals surface area contributed by atoms with E-state index in [1.54, 1.807) is 0 Å². The van der Waals surface area contributed by atoms with Gasteiger partial charge < -0.3 is 4.90 Å². The molecule has 2 nitrogen and oxygen atoms in total. The lowest BCUT2D eigenvalue weighted by Crippen LogP contribution is -2.29. The number of alkyl halides is 1. The van der Waals surface area contributed by atoms with Gasteiger partial charge in [0.2, 0.25) is 5.91 Å². The molecule has 2 rings (SSSR count). The summed E-state index contributed by atoms with van der Waals surface area (Å²) in [4.78, 5) is 13.3. The fourth-order valence-electron chi connectivity index (χ4n) is 2.26. The molecule has 86 valence electrons. The van der Waals surface area contributed by atoms with Gasteiger partial charge in [-0.05, 0) is 24.3 Å². The summed E-state index contributed by atoms with van der Waals surface area (Å²) >= 11 is 5.55. The molecule has 0 saturated carbocycles. The summed E-state index contributed by atoms with van der Waals surface area (Å²) in [6.45, 7) is 1.73. The first-order valence-corrected chi connectivity index (χ1v) is 6.20. The van der Waals surface area contributed by atoms with Gasteiger partial charge in [0.05, 0.1) is 0 Å². The van der Waals surface area contributed by atoms with Gasteiger partial charge in [-0.15, -0.1) is 11.6 Å². The molecule has 1 aliphatic rings. The van der Waals surface area contributed by atoms with E-state index in [0.29, 0.717) is 5.92 Å². The van der Waals surface area contributed by atoms with Gasteiger partial charge >= 0.3 is 0 Å². The van der Waals surface area contributed by atoms with Crippen molar-refractivity contribution in [1.82, 2.24) is 4.90 Å². The predicted molar refractivity (Wildman–Crippen MR) is 65.6 cm³/mol. The van der Waals surface area contributed by atoms with E-state index in [1.807, 2.05) is 11.0 Å². The van der Waals surface area contributed by atoms with Gasteiger partial charge in [0.1, 0.15) is 5.88 Å². The SMILES string of the molecule is O=C(CCl)N1CCC(Cc2ccccc2)C1. The third kappa shape index (κ3) is 2.76. The van der Waals surface area contributed by atoms with Crippen molar-refractivity contribution in [3.05, 3.63) is 35.9 Å². The monoisotopic (exact) mass is 237 g/mol. The van der Waals surface area contributed by atoms with Crippen molar-refractivity contribution < 1.29 is 4.79 Å². The Morgan fingerprint density at radius 2 is 2.12 bits per heavy atom. The Labute approximate surface area is 101 Å². The second-order valence-corrected chi connectivity index (χ2v) is 4.59. The van der Waals surface area contributed by atoms with E-state index >= 15 is 0 Å². The average molecular weight is 238 g/mol. The first kappa shape index (κ1) is 11.5. The van der Waals surface area contributed by atoms with Crippen LogP contribution in [0.25, 0.3) is 0 Å². The van der Waals surface area contributed by atoms with Crippen molar-refractivity contribution in [2.75, 3.05) is 19.0 Å². The molecule has 1 fully saturated rings. The third-order valence-electron chi connectivity index (χ3n) is 3.12. The first-order chi connectivity index (χ1) is 7.79. The average Bonchev–Trinajstić information content (AvgIpc) is 2.78. The molecule has 0 bridgehead atoms. The maximum Gasteiger partial charge on any atom is 0.237 e. The van der Waals surface area contributed by atoms with E-state index < -0.39 is 0 Å². The minimum Gasteiger partial charge on any atom is -0.341 e. The van der Waals surface area contributed by atoms with Crippen LogP contribution < -0.4 is 0 Å². The molecular weight excluding hydrogens is 222 g/mol. The molecule has 1 atom stereocenters. The van der Waals surface area contributed by atoms with Crippen LogP contribution in [0.15, 0.2) is 30.3 Å². The molecule has 1 aromatic carbocycles. The summed E-state index contributed by atoms with van der Waals surface area (Å²) in [5, 5.41) is 0. The van der Waals surface area contributed by atoms with Crippen molar-refractivity contribution in [2.24, 2.45) is 5.92 Å². The predicted octanol–water partition coefficient (Wildman–Crippen LogP) is 2.32. The molecule has 16 heavy (non-hydrogen) atoms. The lowest BCUT2D eigenvalue weighted by Gasteiger charge is -2.14. The van der Waals surface area contributed by atoms with Crippen LogP contribution in [0, 0.1) is 5.92 Å². The fourth-order valence-corrected chi connectivity index (χ4v) is 2.43. The highest BCUT2D eigenvalue weighted by molar-refractivity contribution is 6.27. The highest BCUT2D eigenvalue weighted by Crippen LogP contribution is 2.20. The van der Waals surface area contributed by atoms with Crippen LogP contribution in [-0.4, -0.2) is 29.8 Å². The zero-order valence-electron chi connectivity index (χ0n) is 9.23. The van der Waals surface area contributed by atoms with E-state index in [-0.39, 0.29) is 11.8 Å². The number of halogens is 1. The minimum atomic E-state index is 0.0669. The van der Waals surface area contributed by atoms with Crippen LogP contribution in [0.5, 0.6) is 0 Å². The van der Waals surface area contributed by atoms with Crippen LogP contribution in [0.2, 0.25) is 0 Å². The zero-order chi connectivity index (χ0) is 11.4. The number of hydrogen-bond donors (Lipinski definition) is 0. The Kier molecular flexibility index (Phi) is 3.83. The third-order valence-corrected chi connectivity index (χ3v) is 3.35. The van der Waals surface area contributed by atoms with Crippen LogP contribution >= 0.6 is 11.6 Å². The van der Waals surface area contributed by atoms with Crippen LogP contribution in [0.3, 0.4) is 0 Å². The standard InChI is InChI=1S/C13H16ClNO/c14-9-13(16)15-7-6-12(10-15)8-11-4-2-1-3-5-11/h1-5,12H,6-10H2. The molecule has 1 heterocycles. The maximum absolute atomic E-state index is 11.4. The van der Waals surface area contributed by atoms with Crippen LogP contribution in [0.4, 0.5) is 0 Å². The number of nitrogens with zero attached hydrogens (tertiary/aromatic N) is 1. The molecule has 0 aliphatic carbocycles. The Morgan fingerprint density at radius 3 is 2.81 bits per heavy atom. The van der Waals surface area contributed by atoms with E-state index in [9.17, 15) is 4.79 Å². The van der Waals surface area contributed by atoms with Gasteiger partial charge in [0.15, 0.2) is 0 Å². The minimum absolute atomic E-state index is 0.0669. The Hall–Kier alpha value is -1.02. The Balaban J connectivity index is 1.88. The van der Waals surface area contributed by atoms with Gasteiger partial charge in [-0.1, -0.05) is 30.3 Å². The molecule has 1 unspecified atom stereocenters. The molecule has 0 radical (unpaired) electrons. The number of carbonyl (C=O) groups excluding carboxylic acids is 1. The van der Waals surface area contributed by atoms with Gasteiger partial charge in [-0.3, -0.25) is 4.79 Å². The van der Waals surface area contributed by atoms with E-state index in [2.05, 4.69) is 24.3 Å².